The van der Waals surface area contributed by atoms with Crippen LogP contribution in [0.15, 0.2) is 48.5 Å². The third-order valence-corrected chi connectivity index (χ3v) is 2.93. The molecule has 0 spiro atoms. The predicted octanol–water partition coefficient (Wildman–Crippen LogP) is 4.76. The van der Waals surface area contributed by atoms with Gasteiger partial charge in [0.05, 0.1) is 0 Å². The van der Waals surface area contributed by atoms with Crippen LogP contribution in [0.4, 0.5) is 11.4 Å². The Bertz CT molecular complexity index is 417. The molecule has 16 heavy (non-hydrogen) atoms. The van der Waals surface area contributed by atoms with Crippen molar-refractivity contribution in [3.05, 3.63) is 58.6 Å². The van der Waals surface area contributed by atoms with Crippen LogP contribution in [0, 0.1) is 0 Å². The molecule has 1 nitrogen and oxygen atoms in total. The van der Waals surface area contributed by atoms with Crippen molar-refractivity contribution in [1.29, 1.82) is 0 Å². The van der Waals surface area contributed by atoms with Crippen molar-refractivity contribution < 1.29 is 0 Å². The lowest BCUT2D eigenvalue weighted by molar-refractivity contribution is 1.21. The number of hydrogen-bond acceptors (Lipinski definition) is 1. The number of anilines is 2. The van der Waals surface area contributed by atoms with Crippen LogP contribution < -0.4 is 4.90 Å². The highest BCUT2D eigenvalue weighted by atomic mass is 35.5. The minimum atomic E-state index is 0.744. The normalized spacial score (nSPS) is 10.2. The molecule has 2 rings (SSSR count). The SMILES string of the molecule is CN(c1ccc(Cl)cc1)c1ccc(Cl)cc1. The van der Waals surface area contributed by atoms with Crippen LogP contribution in [-0.4, -0.2) is 7.05 Å². The lowest BCUT2D eigenvalue weighted by Crippen LogP contribution is -2.08. The molecule has 0 saturated heterocycles. The second-order valence-electron chi connectivity index (χ2n) is 3.51. The molecule has 2 aromatic carbocycles. The summed E-state index contributed by atoms with van der Waals surface area (Å²) in [7, 11) is 2.01. The summed E-state index contributed by atoms with van der Waals surface area (Å²) in [5, 5.41) is 1.49. The highest BCUT2D eigenvalue weighted by molar-refractivity contribution is 6.31. The van der Waals surface area contributed by atoms with E-state index in [4.69, 9.17) is 23.2 Å². The van der Waals surface area contributed by atoms with E-state index >= 15 is 0 Å². The van der Waals surface area contributed by atoms with Gasteiger partial charge >= 0.3 is 0 Å². The van der Waals surface area contributed by atoms with Crippen molar-refractivity contribution in [2.45, 2.75) is 0 Å². The summed E-state index contributed by atoms with van der Waals surface area (Å²) >= 11 is 11.7. The van der Waals surface area contributed by atoms with Gasteiger partial charge in [-0.2, -0.15) is 0 Å². The first-order valence-electron chi connectivity index (χ1n) is 4.92. The smallest absolute Gasteiger partial charge is 0.0409 e. The maximum Gasteiger partial charge on any atom is 0.0409 e. The zero-order chi connectivity index (χ0) is 11.5. The third-order valence-electron chi connectivity index (χ3n) is 2.43. The van der Waals surface area contributed by atoms with Gasteiger partial charge in [-0.25, -0.2) is 0 Å². The molecule has 0 N–H and O–H groups in total. The van der Waals surface area contributed by atoms with Gasteiger partial charge in [0.1, 0.15) is 0 Å². The molecular formula is C13H11Cl2N. The number of hydrogen-bond donors (Lipinski definition) is 0. The summed E-state index contributed by atoms with van der Waals surface area (Å²) in [5.41, 5.74) is 2.18. The summed E-state index contributed by atoms with van der Waals surface area (Å²) in [6.45, 7) is 0. The summed E-state index contributed by atoms with van der Waals surface area (Å²) in [6.07, 6.45) is 0. The molecule has 0 radical (unpaired) electrons. The second kappa shape index (κ2) is 4.77. The van der Waals surface area contributed by atoms with Gasteiger partial charge < -0.3 is 4.90 Å². The number of halogens is 2. The molecule has 0 fully saturated rings. The molecular weight excluding hydrogens is 241 g/mol. The van der Waals surface area contributed by atoms with Crippen molar-refractivity contribution in [1.82, 2.24) is 0 Å². The molecule has 0 aromatic heterocycles. The highest BCUT2D eigenvalue weighted by Crippen LogP contribution is 2.25. The van der Waals surface area contributed by atoms with Crippen LogP contribution in [-0.2, 0) is 0 Å². The zero-order valence-electron chi connectivity index (χ0n) is 8.82. The Labute approximate surface area is 105 Å². The fourth-order valence-electron chi connectivity index (χ4n) is 1.48. The lowest BCUT2D eigenvalue weighted by atomic mass is 10.2. The van der Waals surface area contributed by atoms with Crippen LogP contribution in [0.25, 0.3) is 0 Å². The van der Waals surface area contributed by atoms with Crippen molar-refractivity contribution in [3.8, 4) is 0 Å². The summed E-state index contributed by atoms with van der Waals surface area (Å²) in [5.74, 6) is 0. The van der Waals surface area contributed by atoms with Crippen LogP contribution >= 0.6 is 23.2 Å². The summed E-state index contributed by atoms with van der Waals surface area (Å²) in [6, 6.07) is 15.4. The fraction of sp³-hybridized carbons (Fsp3) is 0.0769. The first kappa shape index (κ1) is 11.3. The molecule has 0 atom stereocenters. The van der Waals surface area contributed by atoms with E-state index in [9.17, 15) is 0 Å². The van der Waals surface area contributed by atoms with E-state index in [1.165, 1.54) is 0 Å². The third kappa shape index (κ3) is 2.49. The van der Waals surface area contributed by atoms with E-state index < -0.39 is 0 Å². The Kier molecular flexibility index (Phi) is 3.37. The van der Waals surface area contributed by atoms with E-state index in [0.717, 1.165) is 21.4 Å². The maximum absolute atomic E-state index is 5.85. The number of benzene rings is 2. The van der Waals surface area contributed by atoms with Gasteiger partial charge in [0.25, 0.3) is 0 Å². The number of nitrogens with zero attached hydrogens (tertiary/aromatic N) is 1. The first-order chi connectivity index (χ1) is 7.66. The Morgan fingerprint density at radius 1 is 0.688 bits per heavy atom. The first-order valence-corrected chi connectivity index (χ1v) is 5.67. The number of rotatable bonds is 2. The molecule has 0 saturated carbocycles. The van der Waals surface area contributed by atoms with E-state index in [-0.39, 0.29) is 0 Å². The Morgan fingerprint density at radius 3 is 1.31 bits per heavy atom. The van der Waals surface area contributed by atoms with Gasteiger partial charge in [-0.1, -0.05) is 23.2 Å². The van der Waals surface area contributed by atoms with Crippen LogP contribution in [0.3, 0.4) is 0 Å². The van der Waals surface area contributed by atoms with Gasteiger partial charge in [-0.3, -0.25) is 0 Å². The van der Waals surface area contributed by atoms with Crippen molar-refractivity contribution in [2.75, 3.05) is 11.9 Å². The Balaban J connectivity index is 2.28. The quantitative estimate of drug-likeness (QED) is 0.744. The molecule has 0 aliphatic heterocycles. The van der Waals surface area contributed by atoms with Crippen LogP contribution in [0.1, 0.15) is 0 Å². The minimum Gasteiger partial charge on any atom is -0.345 e. The van der Waals surface area contributed by atoms with Crippen molar-refractivity contribution >= 4 is 34.6 Å². The highest BCUT2D eigenvalue weighted by Gasteiger charge is 2.03. The molecule has 0 heterocycles. The molecule has 0 amide bonds. The maximum atomic E-state index is 5.85. The second-order valence-corrected chi connectivity index (χ2v) is 4.38. The van der Waals surface area contributed by atoms with Crippen molar-refractivity contribution in [3.63, 3.8) is 0 Å². The monoisotopic (exact) mass is 251 g/mol. The summed E-state index contributed by atoms with van der Waals surface area (Å²) < 4.78 is 0. The molecule has 82 valence electrons. The fourth-order valence-corrected chi connectivity index (χ4v) is 1.73. The Hall–Kier alpha value is -1.18. The molecule has 0 unspecified atom stereocenters. The van der Waals surface area contributed by atoms with E-state index in [0.29, 0.717) is 0 Å². The van der Waals surface area contributed by atoms with Gasteiger partial charge in [0, 0.05) is 28.5 Å². The predicted molar refractivity (Wildman–Crippen MR) is 71.0 cm³/mol. The molecule has 3 heteroatoms. The minimum absolute atomic E-state index is 0.744. The molecule has 0 aliphatic carbocycles. The average molecular weight is 252 g/mol. The van der Waals surface area contributed by atoms with E-state index in [2.05, 4.69) is 4.90 Å². The molecule has 2 aromatic rings. The van der Waals surface area contributed by atoms with Crippen LogP contribution in [0.5, 0.6) is 0 Å². The van der Waals surface area contributed by atoms with E-state index in [1.807, 2.05) is 55.6 Å². The van der Waals surface area contributed by atoms with Crippen LogP contribution in [0.2, 0.25) is 10.0 Å². The average Bonchev–Trinajstić information content (AvgIpc) is 2.30. The topological polar surface area (TPSA) is 3.24 Å². The van der Waals surface area contributed by atoms with Gasteiger partial charge in [0.15, 0.2) is 0 Å². The Morgan fingerprint density at radius 2 is 1.00 bits per heavy atom. The standard InChI is InChI=1S/C13H11Cl2N/c1-16(12-6-2-10(14)3-7-12)13-8-4-11(15)5-9-13/h2-9H,1H3. The van der Waals surface area contributed by atoms with Gasteiger partial charge in [-0.15, -0.1) is 0 Å². The van der Waals surface area contributed by atoms with Crippen molar-refractivity contribution in [2.24, 2.45) is 0 Å². The zero-order valence-corrected chi connectivity index (χ0v) is 10.3. The molecule has 0 aliphatic rings. The van der Waals surface area contributed by atoms with E-state index in [1.54, 1.807) is 0 Å². The molecule has 0 bridgehead atoms. The largest absolute Gasteiger partial charge is 0.345 e. The summed E-state index contributed by atoms with van der Waals surface area (Å²) in [4.78, 5) is 2.08. The van der Waals surface area contributed by atoms with Gasteiger partial charge in [-0.05, 0) is 48.5 Å². The van der Waals surface area contributed by atoms with Gasteiger partial charge in [0.2, 0.25) is 0 Å². The lowest BCUT2D eigenvalue weighted by Gasteiger charge is -2.19.